The topological polar surface area (TPSA) is 155 Å². The second-order valence-electron chi connectivity index (χ2n) is 18.0. The number of unbranched alkanes of at least 4 members (excludes halogenated alkanes) is 20. The van der Waals surface area contributed by atoms with Crippen molar-refractivity contribution in [3.05, 3.63) is 85.1 Å². The van der Waals surface area contributed by atoms with Crippen molar-refractivity contribution < 1.29 is 52.2 Å². The van der Waals surface area contributed by atoms with Crippen LogP contribution in [0, 0.1) is 0 Å². The summed E-state index contributed by atoms with van der Waals surface area (Å²) in [5.41, 5.74) is 0. The largest absolute Gasteiger partial charge is 0.472 e. The predicted molar refractivity (Wildman–Crippen MR) is 288 cm³/mol. The lowest BCUT2D eigenvalue weighted by Crippen LogP contribution is -2.30. The van der Waals surface area contributed by atoms with Crippen molar-refractivity contribution in [2.75, 3.05) is 26.4 Å². The van der Waals surface area contributed by atoms with E-state index in [0.717, 1.165) is 89.9 Å². The van der Waals surface area contributed by atoms with Gasteiger partial charge in [-0.3, -0.25) is 23.4 Å². The zero-order chi connectivity index (χ0) is 51.3. The summed E-state index contributed by atoms with van der Waals surface area (Å²) in [5.74, 6) is -1.63. The van der Waals surface area contributed by atoms with Crippen molar-refractivity contribution >= 4 is 25.7 Å². The lowest BCUT2D eigenvalue weighted by Gasteiger charge is -2.21. The molecule has 0 aliphatic heterocycles. The summed E-state index contributed by atoms with van der Waals surface area (Å²) in [6.07, 6.45) is 58.6. The first-order valence-corrected chi connectivity index (χ1v) is 29.0. The summed E-state index contributed by atoms with van der Waals surface area (Å²) in [4.78, 5) is 48.3. The Morgan fingerprint density at radius 2 is 0.800 bits per heavy atom. The van der Waals surface area contributed by atoms with Crippen LogP contribution in [-0.4, -0.2) is 66.5 Å². The molecule has 0 aromatic rings. The van der Waals surface area contributed by atoms with E-state index in [0.29, 0.717) is 19.3 Å². The Kier molecular flexibility index (Phi) is 49.5. The fraction of sp³-hybridized carbons (Fsp3) is 0.707. The Balaban J connectivity index is 4.84. The zero-order valence-corrected chi connectivity index (χ0v) is 45.1. The Hall–Kier alpha value is -3.34. The van der Waals surface area contributed by atoms with Crippen LogP contribution in [-0.2, 0) is 42.2 Å². The standard InChI is InChI=1S/C58H99O11P/c1-4-7-10-13-16-19-22-25-27-30-33-36-39-42-45-48-57(61)68-54(50-59)52-66-70(63,64)67-53-55(51-65-56(60)47-44-41-38-35-32-29-24-21-18-15-12-9-6-3)69-58(62)49-46-43-40-37-34-31-28-26-23-20-17-14-11-8-5-2/h8,11,16-17,19-20,25-28,34,37,43,46,54-55,59H,4-7,9-10,12-15,18,21-24,29-33,35-36,38-42,44-45,47-53H2,1-3H3,(H,63,64)/b11-8-,19-16-,20-17-,27-25-,28-26-,37-34-,46-43-. The number of carbonyl (C=O) groups excluding carboxylic acids is 3. The van der Waals surface area contributed by atoms with Crippen LogP contribution in [0.5, 0.6) is 0 Å². The lowest BCUT2D eigenvalue weighted by atomic mass is 10.0. The molecular weight excluding hydrogens is 904 g/mol. The van der Waals surface area contributed by atoms with E-state index in [1.165, 1.54) is 77.0 Å². The van der Waals surface area contributed by atoms with Crippen molar-refractivity contribution in [2.24, 2.45) is 0 Å². The van der Waals surface area contributed by atoms with Crippen LogP contribution in [0.25, 0.3) is 0 Å². The molecule has 0 saturated heterocycles. The highest BCUT2D eigenvalue weighted by molar-refractivity contribution is 7.47. The molecule has 0 spiro atoms. The first-order chi connectivity index (χ1) is 34.2. The molecule has 70 heavy (non-hydrogen) atoms. The monoisotopic (exact) mass is 1000 g/mol. The number of hydrogen-bond acceptors (Lipinski definition) is 10. The highest BCUT2D eigenvalue weighted by Gasteiger charge is 2.28. The molecule has 0 aliphatic rings. The van der Waals surface area contributed by atoms with Gasteiger partial charge in [-0.1, -0.05) is 215 Å². The number of phosphoric acid groups is 1. The minimum absolute atomic E-state index is 0.0665. The number of aliphatic hydroxyl groups excluding tert-OH is 1. The molecule has 0 saturated carbocycles. The van der Waals surface area contributed by atoms with Crippen LogP contribution in [0.4, 0.5) is 0 Å². The Bertz CT molecular complexity index is 1500. The van der Waals surface area contributed by atoms with E-state index < -0.39 is 57.8 Å². The molecule has 0 aliphatic carbocycles. The molecule has 0 heterocycles. The molecule has 0 radical (unpaired) electrons. The number of carbonyl (C=O) groups is 3. The third kappa shape index (κ3) is 49.6. The van der Waals surface area contributed by atoms with Gasteiger partial charge in [0.05, 0.1) is 26.2 Å². The van der Waals surface area contributed by atoms with Gasteiger partial charge in [0.2, 0.25) is 0 Å². The van der Waals surface area contributed by atoms with Crippen LogP contribution in [0.3, 0.4) is 0 Å². The molecule has 11 nitrogen and oxygen atoms in total. The SMILES string of the molecule is CC/C=C\C/C=C\C/C=C\C/C=C\C/C=C\CC(=O)OC(COC(=O)CCCCCCCCCCCCCCC)COP(=O)(O)OCC(CO)OC(=O)CCCCCCC/C=C\C/C=C\CCCCC. The Morgan fingerprint density at radius 3 is 1.29 bits per heavy atom. The maximum Gasteiger partial charge on any atom is 0.472 e. The molecule has 0 amide bonds. The molecule has 0 fully saturated rings. The molecule has 12 heteroatoms. The maximum absolute atomic E-state index is 12.9. The average Bonchev–Trinajstić information content (AvgIpc) is 3.35. The van der Waals surface area contributed by atoms with Gasteiger partial charge in [0.25, 0.3) is 0 Å². The molecule has 3 unspecified atom stereocenters. The third-order valence-electron chi connectivity index (χ3n) is 11.3. The number of rotatable bonds is 50. The fourth-order valence-electron chi connectivity index (χ4n) is 7.17. The number of hydrogen-bond donors (Lipinski definition) is 2. The van der Waals surface area contributed by atoms with Crippen LogP contribution >= 0.6 is 7.82 Å². The van der Waals surface area contributed by atoms with Crippen molar-refractivity contribution in [1.82, 2.24) is 0 Å². The summed E-state index contributed by atoms with van der Waals surface area (Å²) in [7, 11) is -4.77. The van der Waals surface area contributed by atoms with E-state index in [1.807, 2.05) is 18.2 Å². The van der Waals surface area contributed by atoms with Gasteiger partial charge >= 0.3 is 25.7 Å². The summed E-state index contributed by atoms with van der Waals surface area (Å²) in [6, 6.07) is 0. The van der Waals surface area contributed by atoms with Gasteiger partial charge in [-0.2, -0.15) is 0 Å². The first kappa shape index (κ1) is 66.7. The van der Waals surface area contributed by atoms with Crippen molar-refractivity contribution in [3.8, 4) is 0 Å². The molecule has 0 aromatic carbocycles. The molecule has 2 N–H and O–H groups in total. The number of aliphatic hydroxyl groups is 1. The van der Waals surface area contributed by atoms with Crippen molar-refractivity contribution in [1.29, 1.82) is 0 Å². The van der Waals surface area contributed by atoms with Gasteiger partial charge in [0.15, 0.2) is 6.10 Å². The van der Waals surface area contributed by atoms with Gasteiger partial charge in [-0.15, -0.1) is 0 Å². The van der Waals surface area contributed by atoms with Gasteiger partial charge in [0.1, 0.15) is 12.7 Å². The quantitative estimate of drug-likeness (QED) is 0.0197. The van der Waals surface area contributed by atoms with Crippen LogP contribution in [0.2, 0.25) is 0 Å². The van der Waals surface area contributed by atoms with Gasteiger partial charge in [0, 0.05) is 12.8 Å². The summed E-state index contributed by atoms with van der Waals surface area (Å²) < 4.78 is 39.3. The molecule has 0 aromatic heterocycles. The zero-order valence-electron chi connectivity index (χ0n) is 44.2. The normalized spacial score (nSPS) is 14.1. The summed E-state index contributed by atoms with van der Waals surface area (Å²) in [6.45, 7) is 4.37. The van der Waals surface area contributed by atoms with E-state index in [4.69, 9.17) is 23.3 Å². The summed E-state index contributed by atoms with van der Waals surface area (Å²) >= 11 is 0. The highest BCUT2D eigenvalue weighted by atomic mass is 31.2. The third-order valence-corrected chi connectivity index (χ3v) is 12.3. The highest BCUT2D eigenvalue weighted by Crippen LogP contribution is 2.43. The molecule has 0 rings (SSSR count). The Labute approximate surface area is 426 Å². The average molecular weight is 1000 g/mol. The van der Waals surface area contributed by atoms with E-state index in [2.05, 4.69) is 81.5 Å². The minimum Gasteiger partial charge on any atom is -0.462 e. The van der Waals surface area contributed by atoms with E-state index in [-0.39, 0.29) is 25.9 Å². The van der Waals surface area contributed by atoms with Crippen LogP contribution in [0.1, 0.15) is 226 Å². The second-order valence-corrected chi connectivity index (χ2v) is 19.5. The molecule has 0 bridgehead atoms. The summed E-state index contributed by atoms with van der Waals surface area (Å²) in [5, 5.41) is 9.79. The number of ether oxygens (including phenoxy) is 3. The van der Waals surface area contributed by atoms with Crippen LogP contribution < -0.4 is 0 Å². The smallest absolute Gasteiger partial charge is 0.462 e. The van der Waals surface area contributed by atoms with Crippen molar-refractivity contribution in [3.63, 3.8) is 0 Å². The number of allylic oxidation sites excluding steroid dienone is 13. The molecule has 3 atom stereocenters. The maximum atomic E-state index is 12.9. The molecular formula is C58H99O11P. The number of esters is 3. The van der Waals surface area contributed by atoms with Crippen LogP contribution in [0.15, 0.2) is 85.1 Å². The van der Waals surface area contributed by atoms with Gasteiger partial charge < -0.3 is 24.2 Å². The van der Waals surface area contributed by atoms with E-state index >= 15 is 0 Å². The fourth-order valence-corrected chi connectivity index (χ4v) is 7.95. The second kappa shape index (κ2) is 52.0. The predicted octanol–water partition coefficient (Wildman–Crippen LogP) is 15.9. The van der Waals surface area contributed by atoms with E-state index in [1.54, 1.807) is 6.08 Å². The minimum atomic E-state index is -4.77. The first-order valence-electron chi connectivity index (χ1n) is 27.5. The van der Waals surface area contributed by atoms with Crippen molar-refractivity contribution in [2.45, 2.75) is 238 Å². The van der Waals surface area contributed by atoms with Gasteiger partial charge in [-0.25, -0.2) is 4.57 Å². The lowest BCUT2D eigenvalue weighted by molar-refractivity contribution is -0.160. The number of phosphoric ester groups is 1. The molecule has 402 valence electrons. The Morgan fingerprint density at radius 1 is 0.429 bits per heavy atom. The van der Waals surface area contributed by atoms with E-state index in [9.17, 15) is 28.9 Å². The van der Waals surface area contributed by atoms with Gasteiger partial charge in [-0.05, 0) is 77.0 Å².